The van der Waals surface area contributed by atoms with Gasteiger partial charge in [0.1, 0.15) is 5.82 Å². The van der Waals surface area contributed by atoms with Crippen molar-refractivity contribution in [2.75, 3.05) is 5.32 Å². The average molecular weight is 329 g/mol. The Labute approximate surface area is 133 Å². The smallest absolute Gasteiger partial charge is 0.238 e. The lowest BCUT2D eigenvalue weighted by Gasteiger charge is -2.14. The summed E-state index contributed by atoms with van der Waals surface area (Å²) in [6.45, 7) is 0.702. The predicted molar refractivity (Wildman–Crippen MR) is 87.1 cm³/mol. The summed E-state index contributed by atoms with van der Waals surface area (Å²) < 4.78 is 24.9. The Hall–Kier alpha value is -2.58. The van der Waals surface area contributed by atoms with Gasteiger partial charge in [-0.2, -0.15) is 5.10 Å². The van der Waals surface area contributed by atoms with Gasteiger partial charge in [-0.15, -0.1) is 0 Å². The van der Waals surface area contributed by atoms with Gasteiger partial charge in [-0.05, 0) is 23.8 Å². The van der Waals surface area contributed by atoms with Gasteiger partial charge in [0.15, 0.2) is 0 Å². The van der Waals surface area contributed by atoms with Gasteiger partial charge >= 0.3 is 0 Å². The molecule has 4 N–H and O–H groups in total. The van der Waals surface area contributed by atoms with Crippen LogP contribution in [0.15, 0.2) is 41.4 Å². The molecule has 3 aromatic rings. The number of nitrogens with zero attached hydrogens (tertiary/aromatic N) is 2. The van der Waals surface area contributed by atoms with E-state index >= 15 is 0 Å². The van der Waals surface area contributed by atoms with Crippen LogP contribution in [0.1, 0.15) is 5.56 Å². The molecule has 0 saturated heterocycles. The third kappa shape index (κ3) is 2.23. The van der Waals surface area contributed by atoms with Crippen LogP contribution in [-0.2, 0) is 23.6 Å². The van der Waals surface area contributed by atoms with Crippen LogP contribution in [0.25, 0.3) is 22.5 Å². The minimum Gasteiger partial charge on any atom is -0.367 e. The summed E-state index contributed by atoms with van der Waals surface area (Å²) in [5.74, 6) is 0.900. The zero-order valence-corrected chi connectivity index (χ0v) is 13.2. The topological polar surface area (TPSA) is 106 Å². The fraction of sp³-hybridized carbons (Fsp3) is 0.133. The molecule has 3 heterocycles. The molecular formula is C15H15N5O2S. The van der Waals surface area contributed by atoms with Crippen molar-refractivity contribution in [1.82, 2.24) is 14.8 Å². The molecule has 1 aliphatic heterocycles. The Kier molecular flexibility index (Phi) is 2.87. The van der Waals surface area contributed by atoms with E-state index in [-0.39, 0.29) is 4.90 Å². The Morgan fingerprint density at radius 1 is 1.30 bits per heavy atom. The second-order valence-electron chi connectivity index (χ2n) is 5.54. The highest BCUT2D eigenvalue weighted by Gasteiger charge is 2.22. The maximum atomic E-state index is 11.5. The van der Waals surface area contributed by atoms with Gasteiger partial charge < -0.3 is 10.3 Å². The minimum absolute atomic E-state index is 0.0942. The lowest BCUT2D eigenvalue weighted by molar-refractivity contribution is 0.598. The zero-order valence-electron chi connectivity index (χ0n) is 12.4. The molecule has 1 aliphatic rings. The van der Waals surface area contributed by atoms with Crippen LogP contribution in [0.3, 0.4) is 0 Å². The van der Waals surface area contributed by atoms with Crippen molar-refractivity contribution in [3.05, 3.63) is 42.1 Å². The number of rotatable bonds is 2. The van der Waals surface area contributed by atoms with E-state index in [4.69, 9.17) is 5.14 Å². The van der Waals surface area contributed by atoms with Crippen molar-refractivity contribution < 1.29 is 8.42 Å². The fourth-order valence-corrected chi connectivity index (χ4v) is 3.48. The summed E-state index contributed by atoms with van der Waals surface area (Å²) in [5.41, 5.74) is 4.79. The van der Waals surface area contributed by atoms with Gasteiger partial charge in [-0.3, -0.25) is 4.68 Å². The first-order valence-electron chi connectivity index (χ1n) is 7.05. The van der Waals surface area contributed by atoms with Crippen LogP contribution >= 0.6 is 0 Å². The number of benzene rings is 1. The number of hydrogen-bond donors (Lipinski definition) is 3. The van der Waals surface area contributed by atoms with Crippen molar-refractivity contribution in [3.63, 3.8) is 0 Å². The predicted octanol–water partition coefficient (Wildman–Crippen LogP) is 1.66. The highest BCUT2D eigenvalue weighted by Crippen LogP contribution is 2.38. The van der Waals surface area contributed by atoms with Crippen molar-refractivity contribution in [2.45, 2.75) is 11.4 Å². The van der Waals surface area contributed by atoms with Crippen LogP contribution < -0.4 is 10.5 Å². The van der Waals surface area contributed by atoms with Crippen LogP contribution in [0.2, 0.25) is 0 Å². The lowest BCUT2D eigenvalue weighted by atomic mass is 10.1. The molecule has 0 atom stereocenters. The van der Waals surface area contributed by atoms with E-state index in [1.165, 1.54) is 6.07 Å². The molecule has 1 aromatic carbocycles. The average Bonchev–Trinajstić information content (AvgIpc) is 3.10. The molecule has 23 heavy (non-hydrogen) atoms. The molecule has 7 nitrogen and oxygen atoms in total. The molecule has 0 fully saturated rings. The standard InChI is InChI=1S/C15H15N5O2S/c1-20-14-10(8-18-20)7-17-15-12(14)6-13(19-15)9-3-2-4-11(5-9)23(16,21)22/h2-6,8,17,19H,7H2,1H3,(H2,16,21,22). The molecule has 2 aromatic heterocycles. The highest BCUT2D eigenvalue weighted by atomic mass is 32.2. The quantitative estimate of drug-likeness (QED) is 0.664. The van der Waals surface area contributed by atoms with E-state index in [2.05, 4.69) is 15.4 Å². The number of nitrogens with one attached hydrogen (secondary N) is 2. The molecule has 0 bridgehead atoms. The fourth-order valence-electron chi connectivity index (χ4n) is 2.92. The largest absolute Gasteiger partial charge is 0.367 e. The molecule has 4 rings (SSSR count). The number of hydrogen-bond acceptors (Lipinski definition) is 4. The maximum absolute atomic E-state index is 11.5. The second kappa shape index (κ2) is 4.71. The highest BCUT2D eigenvalue weighted by molar-refractivity contribution is 7.89. The summed E-state index contributed by atoms with van der Waals surface area (Å²) in [4.78, 5) is 3.39. The number of aryl methyl sites for hydroxylation is 1. The number of aromatic nitrogens is 3. The third-order valence-corrected chi connectivity index (χ3v) is 4.93. The van der Waals surface area contributed by atoms with Crippen molar-refractivity contribution >= 4 is 15.8 Å². The Morgan fingerprint density at radius 3 is 2.91 bits per heavy atom. The first kappa shape index (κ1) is 14.0. The summed E-state index contributed by atoms with van der Waals surface area (Å²) in [5, 5.41) is 12.8. The van der Waals surface area contributed by atoms with Crippen LogP contribution in [-0.4, -0.2) is 23.2 Å². The molecule has 0 saturated carbocycles. The van der Waals surface area contributed by atoms with Gasteiger partial charge in [0.25, 0.3) is 0 Å². The normalized spacial score (nSPS) is 13.3. The van der Waals surface area contributed by atoms with E-state index in [0.29, 0.717) is 6.54 Å². The molecule has 0 unspecified atom stereocenters. The number of H-pyrrole nitrogens is 1. The lowest BCUT2D eigenvalue weighted by Crippen LogP contribution is -2.11. The van der Waals surface area contributed by atoms with Gasteiger partial charge in [0.2, 0.25) is 10.0 Å². The summed E-state index contributed by atoms with van der Waals surface area (Å²) >= 11 is 0. The first-order chi connectivity index (χ1) is 10.9. The molecule has 0 amide bonds. The van der Waals surface area contributed by atoms with E-state index < -0.39 is 10.0 Å². The van der Waals surface area contributed by atoms with Crippen LogP contribution in [0, 0.1) is 0 Å². The van der Waals surface area contributed by atoms with E-state index in [9.17, 15) is 8.42 Å². The molecule has 8 heteroatoms. The Morgan fingerprint density at radius 2 is 2.13 bits per heavy atom. The number of fused-ring (bicyclic) bond motifs is 3. The molecular weight excluding hydrogens is 314 g/mol. The zero-order chi connectivity index (χ0) is 16.2. The van der Waals surface area contributed by atoms with Crippen LogP contribution in [0.5, 0.6) is 0 Å². The molecule has 0 aliphatic carbocycles. The molecule has 0 radical (unpaired) electrons. The number of nitrogens with two attached hydrogens (primary N) is 1. The molecule has 118 valence electrons. The van der Waals surface area contributed by atoms with E-state index in [1.807, 2.05) is 30.1 Å². The van der Waals surface area contributed by atoms with Gasteiger partial charge in [-0.25, -0.2) is 13.6 Å². The van der Waals surface area contributed by atoms with Crippen molar-refractivity contribution in [2.24, 2.45) is 12.2 Å². The minimum atomic E-state index is -3.73. The van der Waals surface area contributed by atoms with Gasteiger partial charge in [0, 0.05) is 30.4 Å². The number of sulfonamides is 1. The maximum Gasteiger partial charge on any atom is 0.238 e. The van der Waals surface area contributed by atoms with E-state index in [1.54, 1.807) is 12.1 Å². The second-order valence-corrected chi connectivity index (χ2v) is 7.10. The van der Waals surface area contributed by atoms with Gasteiger partial charge in [0.05, 0.1) is 16.8 Å². The number of primary sulfonamides is 1. The molecule has 0 spiro atoms. The number of anilines is 1. The summed E-state index contributed by atoms with van der Waals surface area (Å²) in [7, 11) is -1.82. The number of aromatic amines is 1. The van der Waals surface area contributed by atoms with Gasteiger partial charge in [-0.1, -0.05) is 12.1 Å². The SMILES string of the molecule is Cn1ncc2c1-c1cc(-c3cccc(S(N)(=O)=O)c3)[nH]c1NC2. The Bertz CT molecular complexity index is 1020. The van der Waals surface area contributed by atoms with Crippen molar-refractivity contribution in [1.29, 1.82) is 0 Å². The van der Waals surface area contributed by atoms with Crippen molar-refractivity contribution in [3.8, 4) is 22.5 Å². The summed E-state index contributed by atoms with van der Waals surface area (Å²) in [6.07, 6.45) is 1.85. The monoisotopic (exact) mass is 329 g/mol. The third-order valence-electron chi connectivity index (χ3n) is 4.02. The Balaban J connectivity index is 1.85. The van der Waals surface area contributed by atoms with E-state index in [0.717, 1.165) is 33.9 Å². The first-order valence-corrected chi connectivity index (χ1v) is 8.59. The summed E-state index contributed by atoms with van der Waals surface area (Å²) in [6, 6.07) is 8.56. The van der Waals surface area contributed by atoms with Crippen LogP contribution in [0.4, 0.5) is 5.82 Å².